The summed E-state index contributed by atoms with van der Waals surface area (Å²) in [6, 6.07) is 1.89. The highest BCUT2D eigenvalue weighted by Crippen LogP contribution is 2.27. The smallest absolute Gasteiger partial charge is 0.341 e. The van der Waals surface area contributed by atoms with Gasteiger partial charge in [-0.05, 0) is 25.0 Å². The normalized spacial score (nSPS) is 14.1. The zero-order valence-electron chi connectivity index (χ0n) is 8.26. The summed E-state index contributed by atoms with van der Waals surface area (Å²) in [5.74, 6) is 2.01. The molecule has 16 heavy (non-hydrogen) atoms. The first-order valence-electron chi connectivity index (χ1n) is 4.82. The van der Waals surface area contributed by atoms with E-state index in [9.17, 15) is 13.6 Å². The molecule has 1 N–H and O–H groups in total. The molecule has 0 bridgehead atoms. The fourth-order valence-corrected chi connectivity index (χ4v) is 1.26. The molecule has 4 heteroatoms. The molecule has 1 aliphatic carbocycles. The Labute approximate surface area is 90.9 Å². The Morgan fingerprint density at radius 3 is 2.31 bits per heavy atom. The van der Waals surface area contributed by atoms with Crippen LogP contribution in [0.2, 0.25) is 0 Å². The number of hydrogen-bond donors (Lipinski definition) is 1. The third-order valence-electron chi connectivity index (χ3n) is 2.25. The monoisotopic (exact) mass is 222 g/mol. The molecule has 2 nitrogen and oxygen atoms in total. The van der Waals surface area contributed by atoms with Crippen LogP contribution in [0.5, 0.6) is 0 Å². The Hall–Kier alpha value is -1.89. The van der Waals surface area contributed by atoms with Crippen molar-refractivity contribution in [3.63, 3.8) is 0 Å². The Morgan fingerprint density at radius 2 is 1.88 bits per heavy atom. The molecular weight excluding hydrogens is 214 g/mol. The number of halogens is 2. The molecule has 0 aliphatic heterocycles. The van der Waals surface area contributed by atoms with Gasteiger partial charge in [0.15, 0.2) is 0 Å². The van der Waals surface area contributed by atoms with Crippen molar-refractivity contribution in [1.29, 1.82) is 0 Å². The third kappa shape index (κ3) is 2.19. The summed E-state index contributed by atoms with van der Waals surface area (Å²) in [6.45, 7) is 0. The van der Waals surface area contributed by atoms with Crippen LogP contribution in [0.1, 0.15) is 28.8 Å². The lowest BCUT2D eigenvalue weighted by Crippen LogP contribution is -2.05. The lowest BCUT2D eigenvalue weighted by molar-refractivity contribution is 0.0686. The van der Waals surface area contributed by atoms with E-state index in [4.69, 9.17) is 5.11 Å². The first kappa shape index (κ1) is 10.6. The van der Waals surface area contributed by atoms with Crippen LogP contribution in [0.25, 0.3) is 0 Å². The number of hydrogen-bond acceptors (Lipinski definition) is 1. The second kappa shape index (κ2) is 3.93. The molecule has 0 radical (unpaired) electrons. The molecule has 0 unspecified atom stereocenters. The number of carboxylic acids is 1. The number of rotatable bonds is 1. The van der Waals surface area contributed by atoms with Gasteiger partial charge in [0, 0.05) is 11.5 Å². The van der Waals surface area contributed by atoms with E-state index in [1.807, 2.05) is 0 Å². The summed E-state index contributed by atoms with van der Waals surface area (Å²) in [7, 11) is 0. The van der Waals surface area contributed by atoms with E-state index in [2.05, 4.69) is 11.8 Å². The van der Waals surface area contributed by atoms with Crippen LogP contribution in [0, 0.1) is 29.4 Å². The molecule has 0 atom stereocenters. The second-order valence-corrected chi connectivity index (χ2v) is 3.66. The van der Waals surface area contributed by atoms with E-state index in [0.29, 0.717) is 5.92 Å². The van der Waals surface area contributed by atoms with Crippen LogP contribution >= 0.6 is 0 Å². The Balaban J connectivity index is 2.37. The third-order valence-corrected chi connectivity index (χ3v) is 2.25. The Kier molecular flexibility index (Phi) is 2.61. The summed E-state index contributed by atoms with van der Waals surface area (Å²) in [5, 5.41) is 8.55. The highest BCUT2D eigenvalue weighted by molar-refractivity contribution is 5.88. The van der Waals surface area contributed by atoms with Crippen molar-refractivity contribution in [2.24, 2.45) is 5.92 Å². The molecule has 0 spiro atoms. The maximum absolute atomic E-state index is 13.2. The van der Waals surface area contributed by atoms with Crippen LogP contribution in [-0.2, 0) is 0 Å². The van der Waals surface area contributed by atoms with Crippen molar-refractivity contribution in [1.82, 2.24) is 0 Å². The maximum Gasteiger partial charge on any atom is 0.341 e. The summed E-state index contributed by atoms with van der Waals surface area (Å²) >= 11 is 0. The Bertz CT molecular complexity index is 484. The van der Waals surface area contributed by atoms with Gasteiger partial charge in [0.2, 0.25) is 0 Å². The summed E-state index contributed by atoms with van der Waals surface area (Å²) in [5.41, 5.74) is -0.760. The van der Waals surface area contributed by atoms with Gasteiger partial charge in [0.05, 0.1) is 0 Å². The van der Waals surface area contributed by atoms with E-state index >= 15 is 0 Å². The van der Waals surface area contributed by atoms with E-state index in [-0.39, 0.29) is 5.56 Å². The minimum atomic E-state index is -1.61. The standard InChI is InChI=1S/C12H8F2O2/c13-9-5-8(4-3-7-1-2-7)6-10(14)11(9)12(15)16/h5-7H,1-2H2,(H,15,16). The number of carboxylic acid groups (broad SMARTS) is 1. The van der Waals surface area contributed by atoms with Crippen molar-refractivity contribution in [3.8, 4) is 11.8 Å². The zero-order valence-corrected chi connectivity index (χ0v) is 8.26. The quantitative estimate of drug-likeness (QED) is 0.741. The average Bonchev–Trinajstić information content (AvgIpc) is 2.96. The molecule has 1 aromatic carbocycles. The number of carbonyl (C=O) groups is 1. The number of benzene rings is 1. The van der Waals surface area contributed by atoms with Crippen molar-refractivity contribution in [2.45, 2.75) is 12.8 Å². The van der Waals surface area contributed by atoms with Crippen molar-refractivity contribution in [2.75, 3.05) is 0 Å². The molecule has 1 saturated carbocycles. The molecular formula is C12H8F2O2. The van der Waals surface area contributed by atoms with Crippen LogP contribution in [-0.4, -0.2) is 11.1 Å². The zero-order chi connectivity index (χ0) is 11.7. The van der Waals surface area contributed by atoms with Crippen LogP contribution in [0.3, 0.4) is 0 Å². The van der Waals surface area contributed by atoms with E-state index in [0.717, 1.165) is 25.0 Å². The first-order valence-corrected chi connectivity index (χ1v) is 4.82. The van der Waals surface area contributed by atoms with E-state index in [1.54, 1.807) is 0 Å². The lowest BCUT2D eigenvalue weighted by atomic mass is 10.1. The average molecular weight is 222 g/mol. The molecule has 2 rings (SSSR count). The van der Waals surface area contributed by atoms with Gasteiger partial charge in [-0.25, -0.2) is 13.6 Å². The predicted octanol–water partition coefficient (Wildman–Crippen LogP) is 2.42. The minimum absolute atomic E-state index is 0.173. The SMILES string of the molecule is O=C(O)c1c(F)cc(C#CC2CC2)cc1F. The highest BCUT2D eigenvalue weighted by atomic mass is 19.1. The van der Waals surface area contributed by atoms with Gasteiger partial charge in [0.1, 0.15) is 17.2 Å². The van der Waals surface area contributed by atoms with Gasteiger partial charge in [-0.1, -0.05) is 11.8 Å². The maximum atomic E-state index is 13.2. The van der Waals surface area contributed by atoms with Gasteiger partial charge in [-0.15, -0.1) is 0 Å². The first-order chi connectivity index (χ1) is 7.58. The van der Waals surface area contributed by atoms with E-state index in [1.165, 1.54) is 0 Å². The van der Waals surface area contributed by atoms with Gasteiger partial charge >= 0.3 is 5.97 Å². The largest absolute Gasteiger partial charge is 0.477 e. The van der Waals surface area contributed by atoms with Gasteiger partial charge in [-0.2, -0.15) is 0 Å². The molecule has 0 saturated heterocycles. The van der Waals surface area contributed by atoms with Crippen LogP contribution in [0.4, 0.5) is 8.78 Å². The van der Waals surface area contributed by atoms with Crippen molar-refractivity contribution < 1.29 is 18.7 Å². The van der Waals surface area contributed by atoms with Gasteiger partial charge < -0.3 is 5.11 Å². The molecule has 1 aromatic rings. The summed E-state index contributed by atoms with van der Waals surface area (Å²) in [4.78, 5) is 10.5. The van der Waals surface area contributed by atoms with Gasteiger partial charge in [0.25, 0.3) is 0 Å². The number of aromatic carboxylic acids is 1. The van der Waals surface area contributed by atoms with Crippen LogP contribution in [0.15, 0.2) is 12.1 Å². The Morgan fingerprint density at radius 1 is 1.31 bits per heavy atom. The van der Waals surface area contributed by atoms with Gasteiger partial charge in [-0.3, -0.25) is 0 Å². The lowest BCUT2D eigenvalue weighted by Gasteiger charge is -2.00. The minimum Gasteiger partial charge on any atom is -0.477 e. The topological polar surface area (TPSA) is 37.3 Å². The molecule has 1 fully saturated rings. The predicted molar refractivity (Wildman–Crippen MR) is 52.9 cm³/mol. The van der Waals surface area contributed by atoms with Crippen molar-refractivity contribution in [3.05, 3.63) is 34.9 Å². The highest BCUT2D eigenvalue weighted by Gasteiger charge is 2.19. The van der Waals surface area contributed by atoms with Crippen molar-refractivity contribution >= 4 is 5.97 Å². The molecule has 1 aliphatic rings. The van der Waals surface area contributed by atoms with E-state index < -0.39 is 23.2 Å². The fraction of sp³-hybridized carbons (Fsp3) is 0.250. The van der Waals surface area contributed by atoms with Crippen LogP contribution < -0.4 is 0 Å². The second-order valence-electron chi connectivity index (χ2n) is 3.66. The fourth-order valence-electron chi connectivity index (χ4n) is 1.26. The molecule has 0 heterocycles. The molecule has 82 valence electrons. The summed E-state index contributed by atoms with van der Waals surface area (Å²) < 4.78 is 26.4. The summed E-state index contributed by atoms with van der Waals surface area (Å²) in [6.07, 6.45) is 2.04. The molecule has 0 amide bonds. The molecule has 0 aromatic heterocycles.